The number of oxazole rings is 1. The number of nitrogens with zero attached hydrogens (tertiary/aromatic N) is 18. The lowest BCUT2D eigenvalue weighted by molar-refractivity contribution is -0.127. The first-order chi connectivity index (χ1) is 66.6. The van der Waals surface area contributed by atoms with Gasteiger partial charge in [0.25, 0.3) is 40.0 Å². The van der Waals surface area contributed by atoms with Gasteiger partial charge in [-0.05, 0) is 138 Å². The minimum atomic E-state index is -0.624. The predicted molar refractivity (Wildman–Crippen MR) is 505 cm³/mol. The maximum Gasteiger partial charge on any atom is 0.281 e. The Morgan fingerprint density at radius 2 is 0.927 bits per heavy atom. The second kappa shape index (κ2) is 41.8. The van der Waals surface area contributed by atoms with Crippen LogP contribution in [0.3, 0.4) is 0 Å². The van der Waals surface area contributed by atoms with Gasteiger partial charge in [0, 0.05) is 138 Å². The molecule has 16 heterocycles. The summed E-state index contributed by atoms with van der Waals surface area (Å²) in [4.78, 5) is 130. The predicted octanol–water partition coefficient (Wildman–Crippen LogP) is 6.53. The number of carbonyl (C=O) groups excluding carboxylic acids is 4. The van der Waals surface area contributed by atoms with E-state index in [9.17, 15) is 42.7 Å². The summed E-state index contributed by atoms with van der Waals surface area (Å²) in [5.41, 5.74) is 2.21. The maximum atomic E-state index is 14.2. The number of amidine groups is 1. The molecule has 0 aromatic carbocycles. The SMILES string of the molecule is CN=C1C=C(Nc2cccn(-c3cnc(C)o3)c2=O)NC2C(C(=O)N[C@@H]3CC[C@H]3OC)C=NN12.CNc1cc(Nc2cccn(-c3ncccc3F)c2=O)nc2c(C(=O)N[C@@H]3CC[C@H]3OC)cnn12.CNc1cc(Nc2cccn([C@@H]3CCCOC3)c2=O)nc2c(C(=O)N[C@@H]3CC[C@H]3OC)cnn12.CNc1cc(Nc2cccn([C@H]3CCCOC3)c2=O)nc2c(C(=O)N[C@H]3CC[C@@H]3OC)cnn12. The van der Waals surface area contributed by atoms with E-state index >= 15 is 0 Å². The highest BCUT2D eigenvalue weighted by Crippen LogP contribution is 2.33. The number of hydrazone groups is 1. The number of aromatic nitrogens is 15. The van der Waals surface area contributed by atoms with Gasteiger partial charge in [0.15, 0.2) is 34.5 Å². The number of anilines is 10. The van der Waals surface area contributed by atoms with Gasteiger partial charge in [-0.2, -0.15) is 33.9 Å². The zero-order valence-corrected chi connectivity index (χ0v) is 76.6. The summed E-state index contributed by atoms with van der Waals surface area (Å²) >= 11 is 0. The van der Waals surface area contributed by atoms with Crippen molar-refractivity contribution in [2.24, 2.45) is 16.0 Å². The summed E-state index contributed by atoms with van der Waals surface area (Å²) in [6, 6.07) is 21.4. The highest BCUT2D eigenvalue weighted by Gasteiger charge is 2.44. The number of amides is 4. The summed E-state index contributed by atoms with van der Waals surface area (Å²) < 4.78 is 62.8. The van der Waals surface area contributed by atoms with Gasteiger partial charge in [-0.15, -0.1) is 0 Å². The molecule has 12 aromatic heterocycles. The quantitative estimate of drug-likeness (QED) is 0.0260. The third-order valence-corrected chi connectivity index (χ3v) is 25.3. The summed E-state index contributed by atoms with van der Waals surface area (Å²) in [5.74, 6) is 2.56. The first-order valence-corrected chi connectivity index (χ1v) is 45.1. The van der Waals surface area contributed by atoms with E-state index in [0.29, 0.717) is 117 Å². The minimum absolute atomic E-state index is 0.00139. The number of rotatable bonds is 27. The standard InChI is InChI=1S/C23H23FN8O3.2C23H29N7O4.C22H26N8O4/c1-25-19-11-18(28-16-6-4-10-31(23(16)34)21-14(24)5-3-9-26-21)30-20-13(12-27-32(19)20)22(33)29-15-7-8-17(15)35-2;2*1-24-20-11-19(26-17-6-3-9-29(23(17)32)14-5-4-10-34-13-14)28-21-15(12-25-30(20)21)22(31)27-16-7-8-18(16)33-2;1-12-24-11-19(34-12)29-8-4-5-15(22(29)32)26-17-9-18(23-2)30-20(28-17)13(10-25-30)21(31)27-14-6-7-16(14)33-3/h3-6,9-12,15,17,25H,7-8H2,1-2H3,(H,28,30)(H,29,33);2*3,6,9,11-12,14,16,18,24H,4-5,7-8,10,13H2,1-2H3,(H,26,28)(H,27,31);4-5,8-11,13-14,16,20,26,28H,6-7H2,1-3H3,(H,27,31)/t15-,17-;2*14-,16-,18-;13?,14-,16-,20?/m1101/s1. The molecule has 12 atom stereocenters. The molecule has 0 radical (unpaired) electrons. The van der Waals surface area contributed by atoms with Crippen LogP contribution in [-0.2, 0) is 33.2 Å². The average molecular weight is 1880 g/mol. The first kappa shape index (κ1) is 93.7. The fourth-order valence-electron chi connectivity index (χ4n) is 17.2. The van der Waals surface area contributed by atoms with E-state index in [1.54, 1.807) is 172 Å². The fraction of sp³-hybridized carbons (Fsp3) is 0.407. The van der Waals surface area contributed by atoms with Crippen molar-refractivity contribution in [3.63, 3.8) is 0 Å². The van der Waals surface area contributed by atoms with Crippen LogP contribution in [0.15, 0.2) is 180 Å². The zero-order valence-electron chi connectivity index (χ0n) is 76.6. The molecule has 4 amide bonds. The topological polar surface area (TPSA) is 513 Å². The van der Waals surface area contributed by atoms with Crippen LogP contribution in [0.1, 0.15) is 126 Å². The van der Waals surface area contributed by atoms with Gasteiger partial charge in [0.2, 0.25) is 11.8 Å². The van der Waals surface area contributed by atoms with Crippen LogP contribution in [0.4, 0.5) is 62.0 Å². The summed E-state index contributed by atoms with van der Waals surface area (Å²) in [7, 11) is 13.4. The van der Waals surface area contributed by atoms with Crippen molar-refractivity contribution in [2.75, 3.05) is 120 Å². The Kier molecular flexibility index (Phi) is 28.6. The number of fused-ring (bicyclic) bond motifs is 4. The maximum absolute atomic E-state index is 14.2. The van der Waals surface area contributed by atoms with Crippen LogP contribution in [0.2, 0.25) is 0 Å². The average Bonchev–Trinajstić information content (AvgIpc) is 1.67. The van der Waals surface area contributed by atoms with Crippen LogP contribution in [-0.4, -0.2) is 251 Å². The van der Waals surface area contributed by atoms with Crippen molar-refractivity contribution in [1.82, 2.24) is 104 Å². The number of hydrogen-bond acceptors (Lipinski definition) is 33. The highest BCUT2D eigenvalue weighted by molar-refractivity contribution is 6.03. The van der Waals surface area contributed by atoms with Crippen LogP contribution >= 0.6 is 0 Å². The number of nitrogens with one attached hydrogen (secondary N) is 12. The van der Waals surface area contributed by atoms with Crippen LogP contribution in [0.5, 0.6) is 0 Å². The summed E-state index contributed by atoms with van der Waals surface area (Å²) in [6.07, 6.45) is 27.7. The molecule has 0 bridgehead atoms. The molecule has 2 saturated heterocycles. The monoisotopic (exact) mass is 1880 g/mol. The molecule has 6 fully saturated rings. The van der Waals surface area contributed by atoms with Crippen molar-refractivity contribution < 1.29 is 56.4 Å². The molecule has 718 valence electrons. The Morgan fingerprint density at radius 1 is 0.504 bits per heavy atom. The van der Waals surface area contributed by atoms with E-state index in [4.69, 9.17) is 32.8 Å². The van der Waals surface area contributed by atoms with Crippen LogP contribution in [0, 0.1) is 18.7 Å². The van der Waals surface area contributed by atoms with E-state index < -0.39 is 23.5 Å². The van der Waals surface area contributed by atoms with E-state index in [0.717, 1.165) is 94.8 Å². The zero-order chi connectivity index (χ0) is 95.7. The molecule has 137 heavy (non-hydrogen) atoms. The van der Waals surface area contributed by atoms with E-state index in [2.05, 4.69) is 114 Å². The summed E-state index contributed by atoms with van der Waals surface area (Å²) in [6.45, 7) is 4.22. The molecule has 12 N–H and O–H groups in total. The van der Waals surface area contributed by atoms with E-state index in [1.807, 2.05) is 12.1 Å². The smallest absolute Gasteiger partial charge is 0.281 e. The van der Waals surface area contributed by atoms with Crippen LogP contribution < -0.4 is 86.0 Å². The Hall–Kier alpha value is -15.1. The number of ether oxygens (including phenoxy) is 6. The molecular formula is C91H107FN30O15. The second-order valence-electron chi connectivity index (χ2n) is 33.6. The van der Waals surface area contributed by atoms with Gasteiger partial charge >= 0.3 is 0 Å². The van der Waals surface area contributed by atoms with Gasteiger partial charge < -0.3 is 106 Å². The van der Waals surface area contributed by atoms with Gasteiger partial charge in [-0.3, -0.25) is 52.5 Å². The van der Waals surface area contributed by atoms with Crippen LogP contribution in [0.25, 0.3) is 28.6 Å². The Labute approximate surface area is 781 Å². The molecule has 20 rings (SSSR count). The molecule has 4 aliphatic heterocycles. The van der Waals surface area contributed by atoms with E-state index in [-0.39, 0.29) is 118 Å². The van der Waals surface area contributed by atoms with Gasteiger partial charge in [-0.25, -0.2) is 34.3 Å². The molecule has 45 nitrogen and oxygen atoms in total. The summed E-state index contributed by atoms with van der Waals surface area (Å²) in [5, 5.41) is 55.8. The molecule has 8 aliphatic rings. The van der Waals surface area contributed by atoms with Crippen molar-refractivity contribution in [1.29, 1.82) is 0 Å². The van der Waals surface area contributed by atoms with E-state index in [1.165, 1.54) is 58.4 Å². The lowest BCUT2D eigenvalue weighted by Crippen LogP contribution is -2.58. The lowest BCUT2D eigenvalue weighted by Gasteiger charge is -2.38. The third kappa shape index (κ3) is 19.9. The number of aryl methyl sites for hydroxylation is 1. The molecule has 2 unspecified atom stereocenters. The Balaban J connectivity index is 0.000000127. The van der Waals surface area contributed by atoms with Crippen molar-refractivity contribution in [3.05, 3.63) is 216 Å². The van der Waals surface area contributed by atoms with Gasteiger partial charge in [-0.1, -0.05) is 0 Å². The normalized spacial score (nSPS) is 22.0. The molecule has 4 aliphatic carbocycles. The molecular weight excluding hydrogens is 1770 g/mol. The Bertz CT molecular complexity index is 6610. The largest absolute Gasteiger partial charge is 0.425 e. The lowest BCUT2D eigenvalue weighted by atomic mass is 9.88. The second-order valence-corrected chi connectivity index (χ2v) is 33.6. The fourth-order valence-corrected chi connectivity index (χ4v) is 17.2. The number of hydrogen-bond donors (Lipinski definition) is 12. The van der Waals surface area contributed by atoms with Crippen molar-refractivity contribution in [2.45, 2.75) is 151 Å². The Morgan fingerprint density at radius 3 is 1.32 bits per heavy atom. The third-order valence-electron chi connectivity index (χ3n) is 25.3. The molecule has 12 aromatic rings. The molecule has 4 saturated carbocycles. The van der Waals surface area contributed by atoms with Crippen molar-refractivity contribution >= 4 is 110 Å². The van der Waals surface area contributed by atoms with Crippen molar-refractivity contribution in [3.8, 4) is 11.7 Å². The van der Waals surface area contributed by atoms with Gasteiger partial charge in [0.05, 0.1) is 98.7 Å². The number of pyridine rings is 5. The number of carbonyl (C=O) groups is 4. The first-order valence-electron chi connectivity index (χ1n) is 45.1. The molecule has 46 heteroatoms. The van der Waals surface area contributed by atoms with Gasteiger partial charge in [0.1, 0.15) is 98.1 Å². The highest BCUT2D eigenvalue weighted by atomic mass is 19.1. The minimum Gasteiger partial charge on any atom is -0.425 e. The number of methoxy groups -OCH3 is 4. The molecule has 0 spiro atoms. The number of halogens is 1. The number of aliphatic imine (C=N–C) groups is 1.